The molecule has 0 saturated carbocycles. The van der Waals surface area contributed by atoms with Crippen LogP contribution in [0.1, 0.15) is 12.5 Å². The lowest BCUT2D eigenvalue weighted by Crippen LogP contribution is -1.81. The average molecular weight is 189 g/mol. The molecule has 0 radical (unpaired) electrons. The second-order valence-corrected chi connectivity index (χ2v) is 2.70. The molecule has 72 valence electrons. The summed E-state index contributed by atoms with van der Waals surface area (Å²) in [6.45, 7) is 5.51. The lowest BCUT2D eigenvalue weighted by molar-refractivity contribution is 0.627. The van der Waals surface area contributed by atoms with Gasteiger partial charge in [-0.2, -0.15) is 0 Å². The van der Waals surface area contributed by atoms with E-state index in [0.717, 1.165) is 11.1 Å². The Hall–Kier alpha value is -1.70. The average Bonchev–Trinajstić information content (AvgIpc) is 2.21. The molecule has 0 aliphatic heterocycles. The third-order valence-corrected chi connectivity index (χ3v) is 1.76. The summed E-state index contributed by atoms with van der Waals surface area (Å²) in [5.74, 6) is -0.240. The molecule has 0 aliphatic carbocycles. The van der Waals surface area contributed by atoms with Crippen LogP contribution < -0.4 is 0 Å². The number of halogens is 1. The number of benzene rings is 1. The highest BCUT2D eigenvalue weighted by molar-refractivity contribution is 5.74. The molecule has 1 aromatic carbocycles. The Labute approximate surface area is 83.3 Å². The smallest absolute Gasteiger partial charge is 0.123 e. The maximum atomic E-state index is 12.6. The van der Waals surface area contributed by atoms with E-state index in [4.69, 9.17) is 0 Å². The van der Waals surface area contributed by atoms with E-state index < -0.39 is 0 Å². The van der Waals surface area contributed by atoms with E-state index in [-0.39, 0.29) is 5.82 Å². The molecule has 0 aromatic heterocycles. The fraction of sp³-hybridized carbons (Fsp3) is 0.0833. The summed E-state index contributed by atoms with van der Waals surface area (Å²) < 4.78 is 12.6. The van der Waals surface area contributed by atoms with E-state index >= 15 is 0 Å². The Bertz CT molecular complexity index is 360. The Kier molecular flexibility index (Phi) is 3.80. The van der Waals surface area contributed by atoms with Gasteiger partial charge in [-0.05, 0) is 30.2 Å². The summed E-state index contributed by atoms with van der Waals surface area (Å²) in [5.41, 5.74) is 1.79. The SMILES string of the molecule is C=C/C(=C\N=C/C)c1ccc(F)cc1. The zero-order chi connectivity index (χ0) is 10.4. The number of nitrogens with zero attached hydrogens (tertiary/aromatic N) is 1. The van der Waals surface area contributed by atoms with Crippen LogP contribution in [0.5, 0.6) is 0 Å². The monoisotopic (exact) mass is 189 g/mol. The van der Waals surface area contributed by atoms with Crippen molar-refractivity contribution in [1.82, 2.24) is 0 Å². The highest BCUT2D eigenvalue weighted by Gasteiger charge is 1.96. The van der Waals surface area contributed by atoms with Crippen molar-refractivity contribution in [2.45, 2.75) is 6.92 Å². The first-order chi connectivity index (χ1) is 6.77. The molecule has 0 N–H and O–H groups in total. The van der Waals surface area contributed by atoms with E-state index in [1.165, 1.54) is 12.1 Å². The first kappa shape index (κ1) is 10.4. The fourth-order valence-corrected chi connectivity index (χ4v) is 1.04. The molecule has 0 spiro atoms. The molecule has 0 fully saturated rings. The van der Waals surface area contributed by atoms with Gasteiger partial charge in [0.2, 0.25) is 0 Å². The zero-order valence-electron chi connectivity index (χ0n) is 8.07. The Morgan fingerprint density at radius 2 is 2.00 bits per heavy atom. The number of aliphatic imine (C=N–C) groups is 1. The molecule has 0 saturated heterocycles. The van der Waals surface area contributed by atoms with Crippen molar-refractivity contribution in [1.29, 1.82) is 0 Å². The molecule has 0 atom stereocenters. The minimum Gasteiger partial charge on any atom is -0.269 e. The summed E-state index contributed by atoms with van der Waals surface area (Å²) in [6.07, 6.45) is 5.08. The zero-order valence-corrected chi connectivity index (χ0v) is 8.07. The molecular weight excluding hydrogens is 177 g/mol. The molecule has 2 heteroatoms. The van der Waals surface area contributed by atoms with Crippen LogP contribution in [0.4, 0.5) is 4.39 Å². The summed E-state index contributed by atoms with van der Waals surface area (Å²) >= 11 is 0. The van der Waals surface area contributed by atoms with Gasteiger partial charge in [-0.15, -0.1) is 0 Å². The largest absolute Gasteiger partial charge is 0.269 e. The minimum atomic E-state index is -0.240. The van der Waals surface area contributed by atoms with Crippen molar-refractivity contribution in [2.75, 3.05) is 0 Å². The van der Waals surface area contributed by atoms with Gasteiger partial charge in [0.15, 0.2) is 0 Å². The van der Waals surface area contributed by atoms with E-state index in [0.29, 0.717) is 0 Å². The van der Waals surface area contributed by atoms with Crippen molar-refractivity contribution >= 4 is 11.8 Å². The van der Waals surface area contributed by atoms with E-state index in [1.807, 2.05) is 6.92 Å². The normalized spacial score (nSPS) is 12.0. The Balaban J connectivity index is 3.01. The van der Waals surface area contributed by atoms with E-state index in [9.17, 15) is 4.39 Å². The van der Waals surface area contributed by atoms with Crippen LogP contribution in [-0.4, -0.2) is 6.21 Å². The lowest BCUT2D eigenvalue weighted by Gasteiger charge is -1.99. The van der Waals surface area contributed by atoms with Crippen LogP contribution in [0.15, 0.2) is 48.1 Å². The van der Waals surface area contributed by atoms with Gasteiger partial charge in [-0.25, -0.2) is 4.39 Å². The predicted octanol–water partition coefficient (Wildman–Crippen LogP) is 3.44. The summed E-state index contributed by atoms with van der Waals surface area (Å²) in [5, 5.41) is 0. The van der Waals surface area contributed by atoms with Gasteiger partial charge < -0.3 is 0 Å². The van der Waals surface area contributed by atoms with Crippen LogP contribution >= 0.6 is 0 Å². The minimum absolute atomic E-state index is 0.240. The maximum absolute atomic E-state index is 12.6. The highest BCUT2D eigenvalue weighted by atomic mass is 19.1. The van der Waals surface area contributed by atoms with E-state index in [1.54, 1.807) is 30.6 Å². The lowest BCUT2D eigenvalue weighted by atomic mass is 10.1. The highest BCUT2D eigenvalue weighted by Crippen LogP contribution is 2.15. The second kappa shape index (κ2) is 5.12. The van der Waals surface area contributed by atoms with Crippen molar-refractivity contribution in [2.24, 2.45) is 4.99 Å². The van der Waals surface area contributed by atoms with Crippen molar-refractivity contribution in [3.8, 4) is 0 Å². The number of allylic oxidation sites excluding steroid dienone is 2. The van der Waals surface area contributed by atoms with Gasteiger partial charge in [-0.1, -0.05) is 24.8 Å². The molecule has 0 aliphatic rings. The molecule has 1 nitrogen and oxygen atoms in total. The van der Waals surface area contributed by atoms with Crippen LogP contribution in [0.3, 0.4) is 0 Å². The summed E-state index contributed by atoms with van der Waals surface area (Å²) in [7, 11) is 0. The van der Waals surface area contributed by atoms with Gasteiger partial charge in [0.05, 0.1) is 0 Å². The topological polar surface area (TPSA) is 12.4 Å². The molecule has 0 amide bonds. The maximum Gasteiger partial charge on any atom is 0.123 e. The van der Waals surface area contributed by atoms with Gasteiger partial charge >= 0.3 is 0 Å². The van der Waals surface area contributed by atoms with Gasteiger partial charge in [0.1, 0.15) is 5.82 Å². The molecule has 1 aromatic rings. The van der Waals surface area contributed by atoms with Crippen LogP contribution in [0.25, 0.3) is 5.57 Å². The van der Waals surface area contributed by atoms with Crippen LogP contribution in [0, 0.1) is 5.82 Å². The Morgan fingerprint density at radius 1 is 1.36 bits per heavy atom. The van der Waals surface area contributed by atoms with Crippen molar-refractivity contribution < 1.29 is 4.39 Å². The second-order valence-electron chi connectivity index (χ2n) is 2.70. The summed E-state index contributed by atoms with van der Waals surface area (Å²) in [4.78, 5) is 3.99. The standard InChI is InChI=1S/C12H12FN/c1-3-10(9-14-4-2)11-5-7-12(13)8-6-11/h3-9H,1H2,2H3/b10-9+,14-4-. The molecule has 1 rings (SSSR count). The molecule has 0 bridgehead atoms. The predicted molar refractivity (Wildman–Crippen MR) is 58.7 cm³/mol. The first-order valence-corrected chi connectivity index (χ1v) is 4.34. The van der Waals surface area contributed by atoms with Gasteiger partial charge in [0.25, 0.3) is 0 Å². The third-order valence-electron chi connectivity index (χ3n) is 1.76. The Morgan fingerprint density at radius 3 is 2.50 bits per heavy atom. The number of hydrogen-bond acceptors (Lipinski definition) is 1. The van der Waals surface area contributed by atoms with E-state index in [2.05, 4.69) is 11.6 Å². The molecular formula is C12H12FN. The number of rotatable bonds is 3. The van der Waals surface area contributed by atoms with Gasteiger partial charge in [0, 0.05) is 12.4 Å². The molecule has 0 heterocycles. The molecule has 0 unspecified atom stereocenters. The van der Waals surface area contributed by atoms with Crippen molar-refractivity contribution in [3.05, 3.63) is 54.5 Å². The van der Waals surface area contributed by atoms with Crippen molar-refractivity contribution in [3.63, 3.8) is 0 Å². The number of hydrogen-bond donors (Lipinski definition) is 0. The fourth-order valence-electron chi connectivity index (χ4n) is 1.04. The first-order valence-electron chi connectivity index (χ1n) is 4.34. The van der Waals surface area contributed by atoms with Crippen LogP contribution in [0.2, 0.25) is 0 Å². The van der Waals surface area contributed by atoms with Gasteiger partial charge in [-0.3, -0.25) is 4.99 Å². The summed E-state index contributed by atoms with van der Waals surface area (Å²) in [6, 6.07) is 6.24. The third kappa shape index (κ3) is 2.66. The quantitative estimate of drug-likeness (QED) is 0.510. The molecule has 14 heavy (non-hydrogen) atoms. The van der Waals surface area contributed by atoms with Crippen LogP contribution in [-0.2, 0) is 0 Å².